The Morgan fingerprint density at radius 2 is 1.82 bits per heavy atom. The third-order valence-electron chi connectivity index (χ3n) is 2.89. The predicted octanol–water partition coefficient (Wildman–Crippen LogP) is 1.65. The van der Waals surface area contributed by atoms with Crippen molar-refractivity contribution < 1.29 is 4.79 Å². The Balaban J connectivity index is 2.55. The van der Waals surface area contributed by atoms with Crippen LogP contribution in [0.2, 0.25) is 0 Å². The van der Waals surface area contributed by atoms with Gasteiger partial charge in [-0.15, -0.1) is 0 Å². The highest BCUT2D eigenvalue weighted by atomic mass is 16.2. The summed E-state index contributed by atoms with van der Waals surface area (Å²) in [4.78, 5) is 13.6. The molecule has 4 nitrogen and oxygen atoms in total. The van der Waals surface area contributed by atoms with Crippen LogP contribution < -0.4 is 11.5 Å². The SMILES string of the molecule is CCN(CC)C(=O)CCc1ccc(N)c(N)c1. The molecule has 0 fully saturated rings. The highest BCUT2D eigenvalue weighted by molar-refractivity contribution is 5.76. The minimum absolute atomic E-state index is 0.186. The third kappa shape index (κ3) is 3.66. The number of nitrogens with two attached hydrogens (primary N) is 2. The van der Waals surface area contributed by atoms with Gasteiger partial charge < -0.3 is 16.4 Å². The Morgan fingerprint density at radius 1 is 1.18 bits per heavy atom. The van der Waals surface area contributed by atoms with E-state index in [4.69, 9.17) is 11.5 Å². The second-order valence-electron chi connectivity index (χ2n) is 4.03. The molecular weight excluding hydrogens is 214 g/mol. The van der Waals surface area contributed by atoms with Gasteiger partial charge in [-0.05, 0) is 38.0 Å². The van der Waals surface area contributed by atoms with Gasteiger partial charge in [0.15, 0.2) is 0 Å². The molecule has 1 aromatic rings. The van der Waals surface area contributed by atoms with Crippen LogP contribution in [0.25, 0.3) is 0 Å². The number of carbonyl (C=O) groups excluding carboxylic acids is 1. The fraction of sp³-hybridized carbons (Fsp3) is 0.462. The second kappa shape index (κ2) is 6.13. The van der Waals surface area contributed by atoms with Crippen LogP contribution in [0.3, 0.4) is 0 Å². The van der Waals surface area contributed by atoms with Crippen molar-refractivity contribution in [2.75, 3.05) is 24.6 Å². The molecule has 0 saturated heterocycles. The van der Waals surface area contributed by atoms with Crippen LogP contribution in [0.15, 0.2) is 18.2 Å². The Morgan fingerprint density at radius 3 is 2.35 bits per heavy atom. The Kier molecular flexibility index (Phi) is 4.82. The number of amides is 1. The summed E-state index contributed by atoms with van der Waals surface area (Å²) in [5.41, 5.74) is 13.6. The summed E-state index contributed by atoms with van der Waals surface area (Å²) in [5.74, 6) is 0.186. The molecule has 94 valence electrons. The summed E-state index contributed by atoms with van der Waals surface area (Å²) in [5, 5.41) is 0. The molecule has 0 bridgehead atoms. The van der Waals surface area contributed by atoms with Crippen LogP contribution in [-0.2, 0) is 11.2 Å². The van der Waals surface area contributed by atoms with E-state index in [2.05, 4.69) is 0 Å². The van der Waals surface area contributed by atoms with Gasteiger partial charge in [0.1, 0.15) is 0 Å². The van der Waals surface area contributed by atoms with Crippen molar-refractivity contribution in [2.24, 2.45) is 0 Å². The molecule has 0 aliphatic rings. The van der Waals surface area contributed by atoms with E-state index in [1.54, 1.807) is 6.07 Å². The van der Waals surface area contributed by atoms with Crippen LogP contribution in [0.1, 0.15) is 25.8 Å². The fourth-order valence-corrected chi connectivity index (χ4v) is 1.77. The first kappa shape index (κ1) is 13.4. The standard InChI is InChI=1S/C13H21N3O/c1-3-16(4-2)13(17)8-6-10-5-7-11(14)12(15)9-10/h5,7,9H,3-4,6,8,14-15H2,1-2H3. The van der Waals surface area contributed by atoms with Gasteiger partial charge in [0.2, 0.25) is 5.91 Å². The zero-order chi connectivity index (χ0) is 12.8. The maximum atomic E-state index is 11.8. The van der Waals surface area contributed by atoms with Gasteiger partial charge in [-0.1, -0.05) is 6.07 Å². The number of hydrogen-bond acceptors (Lipinski definition) is 3. The number of aryl methyl sites for hydroxylation is 1. The maximum Gasteiger partial charge on any atom is 0.222 e. The van der Waals surface area contributed by atoms with Gasteiger partial charge in [0.25, 0.3) is 0 Å². The molecule has 1 rings (SSSR count). The molecule has 0 aliphatic heterocycles. The van der Waals surface area contributed by atoms with Crippen molar-refractivity contribution in [3.63, 3.8) is 0 Å². The lowest BCUT2D eigenvalue weighted by molar-refractivity contribution is -0.130. The molecule has 0 heterocycles. The number of carbonyl (C=O) groups is 1. The van der Waals surface area contributed by atoms with E-state index in [1.165, 1.54) is 0 Å². The van der Waals surface area contributed by atoms with E-state index < -0.39 is 0 Å². The second-order valence-corrected chi connectivity index (χ2v) is 4.03. The van der Waals surface area contributed by atoms with Gasteiger partial charge in [-0.2, -0.15) is 0 Å². The van der Waals surface area contributed by atoms with Gasteiger partial charge in [-0.3, -0.25) is 4.79 Å². The molecule has 0 radical (unpaired) electrons. The summed E-state index contributed by atoms with van der Waals surface area (Å²) in [7, 11) is 0. The summed E-state index contributed by atoms with van der Waals surface area (Å²) in [6, 6.07) is 5.54. The number of nitrogen functional groups attached to an aromatic ring is 2. The third-order valence-corrected chi connectivity index (χ3v) is 2.89. The lowest BCUT2D eigenvalue weighted by atomic mass is 10.1. The van der Waals surface area contributed by atoms with Crippen molar-refractivity contribution in [3.05, 3.63) is 23.8 Å². The van der Waals surface area contributed by atoms with Crippen LogP contribution in [0.5, 0.6) is 0 Å². The lowest BCUT2D eigenvalue weighted by Gasteiger charge is -2.18. The smallest absolute Gasteiger partial charge is 0.222 e. The largest absolute Gasteiger partial charge is 0.397 e. The van der Waals surface area contributed by atoms with E-state index in [9.17, 15) is 4.79 Å². The Hall–Kier alpha value is -1.71. The molecule has 4 heteroatoms. The normalized spacial score (nSPS) is 10.2. The van der Waals surface area contributed by atoms with E-state index in [0.29, 0.717) is 24.2 Å². The highest BCUT2D eigenvalue weighted by Crippen LogP contribution is 2.17. The van der Waals surface area contributed by atoms with Gasteiger partial charge in [0.05, 0.1) is 11.4 Å². The lowest BCUT2D eigenvalue weighted by Crippen LogP contribution is -2.30. The molecule has 0 aliphatic carbocycles. The summed E-state index contributed by atoms with van der Waals surface area (Å²) < 4.78 is 0. The van der Waals surface area contributed by atoms with E-state index in [-0.39, 0.29) is 5.91 Å². The van der Waals surface area contributed by atoms with Gasteiger partial charge in [-0.25, -0.2) is 0 Å². The average Bonchev–Trinajstić information content (AvgIpc) is 2.32. The van der Waals surface area contributed by atoms with Crippen LogP contribution in [0, 0.1) is 0 Å². The monoisotopic (exact) mass is 235 g/mol. The fourth-order valence-electron chi connectivity index (χ4n) is 1.77. The quantitative estimate of drug-likeness (QED) is 0.762. The van der Waals surface area contributed by atoms with Crippen molar-refractivity contribution in [1.82, 2.24) is 4.90 Å². The first-order valence-corrected chi connectivity index (χ1v) is 6.00. The molecule has 1 aromatic carbocycles. The Bertz CT molecular complexity index is 386. The summed E-state index contributed by atoms with van der Waals surface area (Å²) >= 11 is 0. The first-order chi connectivity index (χ1) is 8.08. The van der Waals surface area contributed by atoms with Gasteiger partial charge >= 0.3 is 0 Å². The number of nitrogens with zero attached hydrogens (tertiary/aromatic N) is 1. The molecule has 1 amide bonds. The van der Waals surface area contributed by atoms with Crippen LogP contribution >= 0.6 is 0 Å². The molecular formula is C13H21N3O. The number of rotatable bonds is 5. The Labute approximate surface area is 103 Å². The van der Waals surface area contributed by atoms with Crippen molar-refractivity contribution in [2.45, 2.75) is 26.7 Å². The molecule has 0 spiro atoms. The first-order valence-electron chi connectivity index (χ1n) is 6.00. The van der Waals surface area contributed by atoms with E-state index in [0.717, 1.165) is 18.7 Å². The predicted molar refractivity (Wildman–Crippen MR) is 71.5 cm³/mol. The van der Waals surface area contributed by atoms with Crippen molar-refractivity contribution in [3.8, 4) is 0 Å². The molecule has 0 atom stereocenters. The van der Waals surface area contributed by atoms with E-state index >= 15 is 0 Å². The van der Waals surface area contributed by atoms with Crippen LogP contribution in [0.4, 0.5) is 11.4 Å². The zero-order valence-corrected chi connectivity index (χ0v) is 10.6. The minimum Gasteiger partial charge on any atom is -0.397 e. The van der Waals surface area contributed by atoms with Gasteiger partial charge in [0, 0.05) is 19.5 Å². The van der Waals surface area contributed by atoms with E-state index in [1.807, 2.05) is 30.9 Å². The molecule has 0 saturated carbocycles. The molecule has 0 unspecified atom stereocenters. The minimum atomic E-state index is 0.186. The average molecular weight is 235 g/mol. The topological polar surface area (TPSA) is 72.3 Å². The molecule has 4 N–H and O–H groups in total. The molecule has 0 aromatic heterocycles. The van der Waals surface area contributed by atoms with Crippen molar-refractivity contribution in [1.29, 1.82) is 0 Å². The van der Waals surface area contributed by atoms with Crippen molar-refractivity contribution >= 4 is 17.3 Å². The molecule has 17 heavy (non-hydrogen) atoms. The van der Waals surface area contributed by atoms with Crippen LogP contribution in [-0.4, -0.2) is 23.9 Å². The summed E-state index contributed by atoms with van der Waals surface area (Å²) in [6.45, 7) is 5.50. The number of anilines is 2. The zero-order valence-electron chi connectivity index (χ0n) is 10.6. The highest BCUT2D eigenvalue weighted by Gasteiger charge is 2.09. The summed E-state index contributed by atoms with van der Waals surface area (Å²) in [6.07, 6.45) is 1.23. The maximum absolute atomic E-state index is 11.8. The number of benzene rings is 1. The number of hydrogen-bond donors (Lipinski definition) is 2.